The molecule has 4 nitrogen and oxygen atoms in total. The van der Waals surface area contributed by atoms with Crippen LogP contribution < -0.4 is 5.73 Å². The Bertz CT molecular complexity index is 743. The van der Waals surface area contributed by atoms with E-state index in [0.717, 1.165) is 11.7 Å². The molecule has 0 amide bonds. The molecule has 0 aliphatic carbocycles. The van der Waals surface area contributed by atoms with Gasteiger partial charge in [-0.15, -0.1) is 0 Å². The van der Waals surface area contributed by atoms with Crippen molar-refractivity contribution in [3.05, 3.63) is 35.2 Å². The highest BCUT2D eigenvalue weighted by atomic mass is 35.5. The smallest absolute Gasteiger partial charge is 0.193 e. The zero-order valence-corrected chi connectivity index (χ0v) is 10.5. The third kappa shape index (κ3) is 1.79. The zero-order chi connectivity index (χ0) is 12.7. The van der Waals surface area contributed by atoms with Crippen molar-refractivity contribution in [3.8, 4) is 11.1 Å². The minimum absolute atomic E-state index is 0.0214. The summed E-state index contributed by atoms with van der Waals surface area (Å²) < 4.78 is 21.5. The van der Waals surface area contributed by atoms with Crippen LogP contribution >= 0.6 is 23.3 Å². The average Bonchev–Trinajstić information content (AvgIpc) is 2.80. The number of rotatable bonds is 1. The van der Waals surface area contributed by atoms with E-state index < -0.39 is 5.82 Å². The van der Waals surface area contributed by atoms with Crippen LogP contribution in [0.2, 0.25) is 5.02 Å². The van der Waals surface area contributed by atoms with Gasteiger partial charge in [0.1, 0.15) is 11.3 Å². The molecule has 0 spiro atoms. The van der Waals surface area contributed by atoms with Crippen molar-refractivity contribution < 1.29 is 4.39 Å². The van der Waals surface area contributed by atoms with Gasteiger partial charge in [-0.1, -0.05) is 11.6 Å². The van der Waals surface area contributed by atoms with Gasteiger partial charge in [0, 0.05) is 17.3 Å². The lowest BCUT2D eigenvalue weighted by molar-refractivity contribution is 0.633. The molecular weight excluding hydrogens is 275 g/mol. The Morgan fingerprint density at radius 3 is 2.89 bits per heavy atom. The fourth-order valence-corrected chi connectivity index (χ4v) is 2.38. The number of benzene rings is 1. The summed E-state index contributed by atoms with van der Waals surface area (Å²) in [6, 6.07) is 4.44. The third-order valence-electron chi connectivity index (χ3n) is 2.51. The van der Waals surface area contributed by atoms with Crippen molar-refractivity contribution in [3.63, 3.8) is 0 Å². The van der Waals surface area contributed by atoms with Crippen LogP contribution in [0.4, 0.5) is 10.1 Å². The number of pyridine rings is 1. The highest BCUT2D eigenvalue weighted by molar-refractivity contribution is 7.00. The van der Waals surface area contributed by atoms with E-state index in [9.17, 15) is 4.39 Å². The molecule has 90 valence electrons. The van der Waals surface area contributed by atoms with Gasteiger partial charge in [-0.25, -0.2) is 9.37 Å². The first-order valence-electron chi connectivity index (χ1n) is 4.98. The topological polar surface area (TPSA) is 64.7 Å². The van der Waals surface area contributed by atoms with Crippen molar-refractivity contribution in [2.24, 2.45) is 0 Å². The van der Waals surface area contributed by atoms with E-state index in [2.05, 4.69) is 13.7 Å². The highest BCUT2D eigenvalue weighted by Crippen LogP contribution is 2.31. The normalized spacial score (nSPS) is 11.0. The number of nitrogens with two attached hydrogens (primary N) is 1. The monoisotopic (exact) mass is 280 g/mol. The van der Waals surface area contributed by atoms with Crippen molar-refractivity contribution in [2.45, 2.75) is 0 Å². The molecule has 0 saturated heterocycles. The Labute approximate surface area is 111 Å². The third-order valence-corrected chi connectivity index (χ3v) is 3.36. The highest BCUT2D eigenvalue weighted by Gasteiger charge is 2.10. The van der Waals surface area contributed by atoms with E-state index in [1.807, 2.05) is 0 Å². The van der Waals surface area contributed by atoms with E-state index in [1.54, 1.807) is 12.3 Å². The number of hydrogen-bond donors (Lipinski definition) is 1. The quantitative estimate of drug-likeness (QED) is 0.696. The number of fused-ring (bicyclic) bond motifs is 1. The Morgan fingerprint density at radius 2 is 2.06 bits per heavy atom. The van der Waals surface area contributed by atoms with Crippen LogP contribution in [-0.2, 0) is 0 Å². The lowest BCUT2D eigenvalue weighted by atomic mass is 10.1. The number of halogens is 2. The lowest BCUT2D eigenvalue weighted by Crippen LogP contribution is -1.92. The molecule has 1 aromatic carbocycles. The van der Waals surface area contributed by atoms with Gasteiger partial charge in [0.2, 0.25) is 0 Å². The van der Waals surface area contributed by atoms with Crippen molar-refractivity contribution in [1.82, 2.24) is 13.7 Å². The maximum Gasteiger partial charge on any atom is 0.193 e. The van der Waals surface area contributed by atoms with E-state index in [4.69, 9.17) is 17.3 Å². The van der Waals surface area contributed by atoms with Crippen LogP contribution in [-0.4, -0.2) is 13.7 Å². The Balaban J connectivity index is 2.21. The van der Waals surface area contributed by atoms with Gasteiger partial charge in [0.25, 0.3) is 0 Å². The van der Waals surface area contributed by atoms with Gasteiger partial charge in [0.15, 0.2) is 5.65 Å². The van der Waals surface area contributed by atoms with E-state index in [0.29, 0.717) is 27.3 Å². The molecule has 18 heavy (non-hydrogen) atoms. The first kappa shape index (κ1) is 11.3. The van der Waals surface area contributed by atoms with Crippen LogP contribution in [0.5, 0.6) is 0 Å². The second kappa shape index (κ2) is 4.15. The lowest BCUT2D eigenvalue weighted by Gasteiger charge is -2.06. The SMILES string of the molecule is Nc1cc(Cl)c(-c2cnc3nsnc3c2)cc1F. The number of anilines is 1. The van der Waals surface area contributed by atoms with Gasteiger partial charge in [-0.2, -0.15) is 8.75 Å². The zero-order valence-electron chi connectivity index (χ0n) is 8.89. The fraction of sp³-hybridized carbons (Fsp3) is 0. The number of hydrogen-bond acceptors (Lipinski definition) is 5. The summed E-state index contributed by atoms with van der Waals surface area (Å²) in [5, 5.41) is 0.373. The Morgan fingerprint density at radius 1 is 1.22 bits per heavy atom. The molecule has 0 saturated carbocycles. The Hall–Kier alpha value is -1.79. The maximum absolute atomic E-state index is 13.5. The molecule has 0 aliphatic heterocycles. The molecule has 0 radical (unpaired) electrons. The minimum atomic E-state index is -0.508. The fourth-order valence-electron chi connectivity index (χ4n) is 1.62. The Kier molecular flexibility index (Phi) is 2.61. The molecule has 2 N–H and O–H groups in total. The summed E-state index contributed by atoms with van der Waals surface area (Å²) in [4.78, 5) is 4.14. The first-order chi connectivity index (χ1) is 8.65. The van der Waals surface area contributed by atoms with Gasteiger partial charge in [-0.05, 0) is 18.2 Å². The summed E-state index contributed by atoms with van der Waals surface area (Å²) >= 11 is 7.13. The van der Waals surface area contributed by atoms with Crippen LogP contribution in [0.3, 0.4) is 0 Å². The molecular formula is C11H6ClFN4S. The van der Waals surface area contributed by atoms with Gasteiger partial charge in [0.05, 0.1) is 22.4 Å². The molecule has 0 unspecified atom stereocenters. The average molecular weight is 281 g/mol. The number of aromatic nitrogens is 3. The summed E-state index contributed by atoms with van der Waals surface area (Å²) in [6.45, 7) is 0. The minimum Gasteiger partial charge on any atom is -0.396 e. The molecule has 0 bridgehead atoms. The molecule has 2 heterocycles. The van der Waals surface area contributed by atoms with Crippen LogP contribution in [0.25, 0.3) is 22.3 Å². The molecule has 7 heteroatoms. The summed E-state index contributed by atoms with van der Waals surface area (Å²) in [5.74, 6) is -0.508. The van der Waals surface area contributed by atoms with Crippen LogP contribution in [0.1, 0.15) is 0 Å². The van der Waals surface area contributed by atoms with E-state index in [-0.39, 0.29) is 5.69 Å². The second-order valence-electron chi connectivity index (χ2n) is 3.68. The molecule has 2 aromatic heterocycles. The molecule has 0 fully saturated rings. The number of nitrogen functional groups attached to an aromatic ring is 1. The molecule has 3 aromatic rings. The first-order valence-corrected chi connectivity index (χ1v) is 6.09. The van der Waals surface area contributed by atoms with Gasteiger partial charge < -0.3 is 5.73 Å². The van der Waals surface area contributed by atoms with Gasteiger partial charge >= 0.3 is 0 Å². The summed E-state index contributed by atoms with van der Waals surface area (Å²) in [6.07, 6.45) is 1.58. The molecule has 3 rings (SSSR count). The largest absolute Gasteiger partial charge is 0.396 e. The second-order valence-corrected chi connectivity index (χ2v) is 4.62. The predicted molar refractivity (Wildman–Crippen MR) is 70.0 cm³/mol. The van der Waals surface area contributed by atoms with E-state index >= 15 is 0 Å². The van der Waals surface area contributed by atoms with Crippen LogP contribution in [0, 0.1) is 5.82 Å². The maximum atomic E-state index is 13.5. The van der Waals surface area contributed by atoms with Crippen LogP contribution in [0.15, 0.2) is 24.4 Å². The molecule has 0 atom stereocenters. The number of nitrogens with zero attached hydrogens (tertiary/aromatic N) is 3. The summed E-state index contributed by atoms with van der Waals surface area (Å²) in [5.41, 5.74) is 7.90. The molecule has 0 aliphatic rings. The van der Waals surface area contributed by atoms with Crippen molar-refractivity contribution in [2.75, 3.05) is 5.73 Å². The van der Waals surface area contributed by atoms with Gasteiger partial charge in [-0.3, -0.25) is 0 Å². The predicted octanol–water partition coefficient (Wildman–Crippen LogP) is 3.13. The summed E-state index contributed by atoms with van der Waals surface area (Å²) in [7, 11) is 0. The van der Waals surface area contributed by atoms with E-state index in [1.165, 1.54) is 12.1 Å². The van der Waals surface area contributed by atoms with Crippen molar-refractivity contribution >= 4 is 40.2 Å². The standard InChI is InChI=1S/C11H6ClFN4S/c12-7-3-9(14)8(13)2-6(7)5-1-10-11(15-4-5)17-18-16-10/h1-4H,14H2. The van der Waals surface area contributed by atoms with Crippen molar-refractivity contribution in [1.29, 1.82) is 0 Å².